The van der Waals surface area contributed by atoms with Crippen molar-refractivity contribution in [1.29, 1.82) is 0 Å². The summed E-state index contributed by atoms with van der Waals surface area (Å²) in [5.41, 5.74) is 0.627. The minimum Gasteiger partial charge on any atom is -0.337 e. The van der Waals surface area contributed by atoms with E-state index >= 15 is 0 Å². The molecule has 0 bridgehead atoms. The van der Waals surface area contributed by atoms with Crippen molar-refractivity contribution >= 4 is 45.0 Å². The summed E-state index contributed by atoms with van der Waals surface area (Å²) in [6, 6.07) is 9.50. The second kappa shape index (κ2) is 6.77. The van der Waals surface area contributed by atoms with E-state index in [-0.39, 0.29) is 23.0 Å². The summed E-state index contributed by atoms with van der Waals surface area (Å²) in [6.45, 7) is 0.0627. The molecule has 0 saturated carbocycles. The Kier molecular flexibility index (Phi) is 5.25. The Balaban J connectivity index is 2.26. The second-order valence-corrected chi connectivity index (χ2v) is 6.10. The van der Waals surface area contributed by atoms with Gasteiger partial charge in [0.1, 0.15) is 5.82 Å². The maximum Gasteiger partial charge on any atom is 0.255 e. The molecule has 0 heterocycles. The molecule has 2 rings (SSSR count). The van der Waals surface area contributed by atoms with E-state index in [0.717, 1.165) is 0 Å². The van der Waals surface area contributed by atoms with E-state index < -0.39 is 5.82 Å². The van der Waals surface area contributed by atoms with Crippen molar-refractivity contribution in [2.24, 2.45) is 0 Å². The van der Waals surface area contributed by atoms with Crippen LogP contribution < -0.4 is 0 Å². The van der Waals surface area contributed by atoms with Crippen LogP contribution >= 0.6 is 39.1 Å². The standard InChI is InChI=1S/C15H11BrCl2FNO/c1-20(8-10-12(17)6-3-7-13(10)19)15(21)9-4-2-5-11(16)14(9)18/h2-7H,8H2,1H3. The van der Waals surface area contributed by atoms with E-state index in [1.165, 1.54) is 17.0 Å². The summed E-state index contributed by atoms with van der Waals surface area (Å²) in [5.74, 6) is -0.747. The molecule has 0 spiro atoms. The minimum absolute atomic E-state index is 0.0627. The fraction of sp³-hybridized carbons (Fsp3) is 0.133. The van der Waals surface area contributed by atoms with Gasteiger partial charge >= 0.3 is 0 Å². The van der Waals surface area contributed by atoms with Crippen LogP contribution in [-0.4, -0.2) is 17.9 Å². The molecule has 0 aliphatic rings. The molecule has 0 N–H and O–H groups in total. The highest BCUT2D eigenvalue weighted by Crippen LogP contribution is 2.27. The van der Waals surface area contributed by atoms with Gasteiger partial charge in [-0.3, -0.25) is 4.79 Å². The lowest BCUT2D eigenvalue weighted by molar-refractivity contribution is 0.0784. The van der Waals surface area contributed by atoms with Gasteiger partial charge in [0.25, 0.3) is 5.91 Å². The van der Waals surface area contributed by atoms with Crippen molar-refractivity contribution in [3.8, 4) is 0 Å². The first-order chi connectivity index (χ1) is 9.91. The Labute approximate surface area is 140 Å². The number of rotatable bonds is 3. The molecule has 0 radical (unpaired) electrons. The Hall–Kier alpha value is -1.10. The first-order valence-electron chi connectivity index (χ1n) is 6.04. The highest BCUT2D eigenvalue weighted by Gasteiger charge is 2.19. The monoisotopic (exact) mass is 389 g/mol. The predicted octanol–water partition coefficient (Wildman–Crippen LogP) is 5.17. The van der Waals surface area contributed by atoms with E-state index in [4.69, 9.17) is 23.2 Å². The summed E-state index contributed by atoms with van der Waals surface area (Å²) in [7, 11) is 1.57. The molecule has 0 aliphatic heterocycles. The molecule has 0 aromatic heterocycles. The summed E-state index contributed by atoms with van der Waals surface area (Å²) < 4.78 is 14.4. The number of hydrogen-bond acceptors (Lipinski definition) is 1. The van der Waals surface area contributed by atoms with Crippen LogP contribution in [0.5, 0.6) is 0 Å². The lowest BCUT2D eigenvalue weighted by atomic mass is 10.1. The first-order valence-corrected chi connectivity index (χ1v) is 7.59. The summed E-state index contributed by atoms with van der Waals surface area (Å²) in [4.78, 5) is 13.8. The number of hydrogen-bond donors (Lipinski definition) is 0. The van der Waals surface area contributed by atoms with Crippen LogP contribution in [-0.2, 0) is 6.54 Å². The SMILES string of the molecule is CN(Cc1c(F)cccc1Cl)C(=O)c1cccc(Br)c1Cl. The van der Waals surface area contributed by atoms with Gasteiger partial charge in [0.15, 0.2) is 0 Å². The lowest BCUT2D eigenvalue weighted by Gasteiger charge is -2.19. The highest BCUT2D eigenvalue weighted by atomic mass is 79.9. The third-order valence-corrected chi connectivity index (χ3v) is 4.64. The van der Waals surface area contributed by atoms with Crippen LogP contribution in [0.4, 0.5) is 4.39 Å². The molecule has 2 aromatic carbocycles. The number of benzene rings is 2. The van der Waals surface area contributed by atoms with E-state index in [2.05, 4.69) is 15.9 Å². The Morgan fingerprint density at radius 2 is 1.90 bits per heavy atom. The van der Waals surface area contributed by atoms with Gasteiger partial charge in [-0.1, -0.05) is 35.3 Å². The van der Waals surface area contributed by atoms with Crippen LogP contribution in [0.25, 0.3) is 0 Å². The number of halogens is 4. The van der Waals surface area contributed by atoms with Gasteiger partial charge in [0.05, 0.1) is 10.6 Å². The van der Waals surface area contributed by atoms with Crippen LogP contribution in [0.2, 0.25) is 10.0 Å². The third-order valence-electron chi connectivity index (χ3n) is 2.99. The molecule has 6 heteroatoms. The fourth-order valence-corrected chi connectivity index (χ4v) is 2.66. The second-order valence-electron chi connectivity index (χ2n) is 4.46. The van der Waals surface area contributed by atoms with Crippen molar-refractivity contribution < 1.29 is 9.18 Å². The molecule has 0 atom stereocenters. The van der Waals surface area contributed by atoms with Gasteiger partial charge < -0.3 is 4.90 Å². The highest BCUT2D eigenvalue weighted by molar-refractivity contribution is 9.10. The molecule has 2 aromatic rings. The van der Waals surface area contributed by atoms with Crippen LogP contribution in [0.3, 0.4) is 0 Å². The van der Waals surface area contributed by atoms with E-state index in [1.807, 2.05) is 0 Å². The Bertz CT molecular complexity index is 673. The molecule has 2 nitrogen and oxygen atoms in total. The van der Waals surface area contributed by atoms with Crippen molar-refractivity contribution in [1.82, 2.24) is 4.90 Å². The first kappa shape index (κ1) is 16.3. The summed E-state index contributed by atoms with van der Waals surface area (Å²) >= 11 is 15.3. The van der Waals surface area contributed by atoms with E-state index in [9.17, 15) is 9.18 Å². The normalized spacial score (nSPS) is 10.5. The third kappa shape index (κ3) is 3.57. The van der Waals surface area contributed by atoms with Crippen molar-refractivity contribution in [2.45, 2.75) is 6.54 Å². The lowest BCUT2D eigenvalue weighted by Crippen LogP contribution is -2.27. The number of carbonyl (C=O) groups is 1. The number of amides is 1. The summed E-state index contributed by atoms with van der Waals surface area (Å²) in [5, 5.41) is 0.615. The maximum absolute atomic E-state index is 13.8. The van der Waals surface area contributed by atoms with Gasteiger partial charge in [0.2, 0.25) is 0 Å². The topological polar surface area (TPSA) is 20.3 Å². The van der Waals surface area contributed by atoms with Crippen LogP contribution in [0.15, 0.2) is 40.9 Å². The minimum atomic E-state index is -0.442. The predicted molar refractivity (Wildman–Crippen MR) is 86.4 cm³/mol. The summed E-state index contributed by atoms with van der Waals surface area (Å²) in [6.07, 6.45) is 0. The Morgan fingerprint density at radius 1 is 1.24 bits per heavy atom. The molecule has 0 saturated heterocycles. The average Bonchev–Trinajstić information content (AvgIpc) is 2.45. The molecule has 0 unspecified atom stereocenters. The Morgan fingerprint density at radius 3 is 2.57 bits per heavy atom. The van der Waals surface area contributed by atoms with Crippen LogP contribution in [0, 0.1) is 5.82 Å². The molecule has 0 fully saturated rings. The van der Waals surface area contributed by atoms with Crippen molar-refractivity contribution in [3.05, 3.63) is 67.9 Å². The largest absolute Gasteiger partial charge is 0.337 e. The van der Waals surface area contributed by atoms with Gasteiger partial charge in [-0.2, -0.15) is 0 Å². The van der Waals surface area contributed by atoms with Crippen molar-refractivity contribution in [3.63, 3.8) is 0 Å². The quantitative estimate of drug-likeness (QED) is 0.708. The van der Waals surface area contributed by atoms with E-state index in [1.54, 1.807) is 31.3 Å². The molecular formula is C15H11BrCl2FNO. The smallest absolute Gasteiger partial charge is 0.255 e. The van der Waals surface area contributed by atoms with Gasteiger partial charge in [-0.25, -0.2) is 4.39 Å². The van der Waals surface area contributed by atoms with Crippen LogP contribution in [0.1, 0.15) is 15.9 Å². The molecular weight excluding hydrogens is 380 g/mol. The zero-order valence-electron chi connectivity index (χ0n) is 11.0. The van der Waals surface area contributed by atoms with Crippen molar-refractivity contribution in [2.75, 3.05) is 7.05 Å². The maximum atomic E-state index is 13.8. The zero-order chi connectivity index (χ0) is 15.6. The van der Waals surface area contributed by atoms with Gasteiger partial charge in [0, 0.05) is 28.7 Å². The van der Waals surface area contributed by atoms with Gasteiger partial charge in [-0.05, 0) is 40.2 Å². The average molecular weight is 391 g/mol. The van der Waals surface area contributed by atoms with Gasteiger partial charge in [-0.15, -0.1) is 0 Å². The zero-order valence-corrected chi connectivity index (χ0v) is 14.1. The molecule has 0 aliphatic carbocycles. The van der Waals surface area contributed by atoms with E-state index in [0.29, 0.717) is 15.1 Å². The fourth-order valence-electron chi connectivity index (χ4n) is 1.87. The molecule has 21 heavy (non-hydrogen) atoms. The number of nitrogens with zero attached hydrogens (tertiary/aromatic N) is 1. The number of carbonyl (C=O) groups excluding carboxylic acids is 1. The molecule has 110 valence electrons. The molecule has 1 amide bonds.